The zero-order valence-electron chi connectivity index (χ0n) is 24.7. The number of hydrogen-bond acceptors (Lipinski definition) is 8. The highest BCUT2D eigenvalue weighted by Crippen LogP contribution is 2.39. The van der Waals surface area contributed by atoms with Crippen molar-refractivity contribution in [3.8, 4) is 11.1 Å². The third-order valence-electron chi connectivity index (χ3n) is 9.25. The summed E-state index contributed by atoms with van der Waals surface area (Å²) in [6.07, 6.45) is 8.58. The highest BCUT2D eigenvalue weighted by Gasteiger charge is 2.30. The second-order valence-corrected chi connectivity index (χ2v) is 12.1. The molecular weight excluding hydrogens is 522 g/mol. The Kier molecular flexibility index (Phi) is 6.99. The summed E-state index contributed by atoms with van der Waals surface area (Å²) in [5.41, 5.74) is 13.6. The summed E-state index contributed by atoms with van der Waals surface area (Å²) in [6, 6.07) is 15.8. The molecule has 3 N–H and O–H groups in total. The van der Waals surface area contributed by atoms with Gasteiger partial charge in [0.15, 0.2) is 0 Å². The van der Waals surface area contributed by atoms with E-state index in [-0.39, 0.29) is 0 Å². The van der Waals surface area contributed by atoms with Gasteiger partial charge in [0, 0.05) is 61.1 Å². The van der Waals surface area contributed by atoms with Crippen molar-refractivity contribution in [1.29, 1.82) is 0 Å². The molecule has 1 saturated heterocycles. The third kappa shape index (κ3) is 5.07. The van der Waals surface area contributed by atoms with E-state index in [1.54, 1.807) is 6.33 Å². The number of aryl methyl sites for hydroxylation is 2. The fourth-order valence-electron chi connectivity index (χ4n) is 6.81. The molecule has 0 radical (unpaired) electrons. The van der Waals surface area contributed by atoms with E-state index < -0.39 is 0 Å². The summed E-state index contributed by atoms with van der Waals surface area (Å²) >= 11 is 0. The fraction of sp³-hybridized carbons (Fsp3) is 0.394. The number of nitrogens with one attached hydrogen (secondary N) is 1. The molecule has 2 aromatic carbocycles. The Hall–Kier alpha value is -4.08. The molecule has 4 heterocycles. The van der Waals surface area contributed by atoms with Crippen molar-refractivity contribution in [2.45, 2.75) is 51.6 Å². The van der Waals surface area contributed by atoms with Crippen LogP contribution in [0.1, 0.15) is 43.0 Å². The Morgan fingerprint density at radius 2 is 1.60 bits per heavy atom. The van der Waals surface area contributed by atoms with Crippen molar-refractivity contribution in [3.63, 3.8) is 0 Å². The standard InChI is InChI=1S/C33H39N9/c1-21-4-13-27-22(2)37-33(39-29(27)18-21)38-24-7-5-23(6-8-24)28-19-42(32-30(28)31(34)35-20-36-32)26-11-9-25(10-12-26)41-16-14-40(3)15-17-41/h4-8,13,18-20,25-26H,9-12,14-17H2,1-3H3,(H2,34,35,36)(H,37,38,39)/t25-,26+. The van der Waals surface area contributed by atoms with Crippen LogP contribution in [-0.2, 0) is 0 Å². The van der Waals surface area contributed by atoms with Crippen LogP contribution in [0.4, 0.5) is 17.5 Å². The normalized spacial score (nSPS) is 20.4. The number of anilines is 3. The van der Waals surface area contributed by atoms with Crippen LogP contribution in [0.2, 0.25) is 0 Å². The van der Waals surface area contributed by atoms with Crippen molar-refractivity contribution < 1.29 is 0 Å². The molecule has 0 spiro atoms. The first kappa shape index (κ1) is 26.8. The SMILES string of the molecule is Cc1ccc2c(C)nc(Nc3ccc(-c4cn([C@H]5CC[C@@H](N6CCN(C)CC6)CC5)c5ncnc(N)c45)cc3)nc2c1. The van der Waals surface area contributed by atoms with E-state index in [4.69, 9.17) is 15.7 Å². The van der Waals surface area contributed by atoms with E-state index in [0.29, 0.717) is 23.8 Å². The molecule has 9 nitrogen and oxygen atoms in total. The molecule has 1 aliphatic carbocycles. The smallest absolute Gasteiger partial charge is 0.228 e. The van der Waals surface area contributed by atoms with Gasteiger partial charge in [-0.3, -0.25) is 4.90 Å². The quantitative estimate of drug-likeness (QED) is 0.281. The largest absolute Gasteiger partial charge is 0.383 e. The molecule has 0 bridgehead atoms. The Labute approximate surface area is 246 Å². The number of benzene rings is 2. The van der Waals surface area contributed by atoms with E-state index in [2.05, 4.69) is 92.3 Å². The summed E-state index contributed by atoms with van der Waals surface area (Å²) in [6.45, 7) is 8.81. The zero-order chi connectivity index (χ0) is 28.8. The van der Waals surface area contributed by atoms with Crippen molar-refractivity contribution in [3.05, 3.63) is 66.2 Å². The van der Waals surface area contributed by atoms with Crippen molar-refractivity contribution >= 4 is 39.4 Å². The van der Waals surface area contributed by atoms with Crippen LogP contribution < -0.4 is 11.1 Å². The van der Waals surface area contributed by atoms with Crippen LogP contribution in [0.15, 0.2) is 55.0 Å². The number of nitrogen functional groups attached to an aromatic ring is 1. The van der Waals surface area contributed by atoms with Gasteiger partial charge in [-0.1, -0.05) is 24.3 Å². The lowest BCUT2D eigenvalue weighted by Crippen LogP contribution is -2.49. The zero-order valence-corrected chi connectivity index (χ0v) is 24.7. The highest BCUT2D eigenvalue weighted by atomic mass is 15.3. The highest BCUT2D eigenvalue weighted by molar-refractivity contribution is 6.00. The Bertz CT molecular complexity index is 1730. The fourth-order valence-corrected chi connectivity index (χ4v) is 6.81. The first-order chi connectivity index (χ1) is 20.4. The molecule has 0 atom stereocenters. The van der Waals surface area contributed by atoms with Crippen LogP contribution in [-0.4, -0.2) is 73.6 Å². The van der Waals surface area contributed by atoms with E-state index in [1.165, 1.54) is 44.6 Å². The summed E-state index contributed by atoms with van der Waals surface area (Å²) in [4.78, 5) is 23.7. The van der Waals surface area contributed by atoms with E-state index >= 15 is 0 Å². The average molecular weight is 562 g/mol. The summed E-state index contributed by atoms with van der Waals surface area (Å²) in [5.74, 6) is 1.12. The molecule has 5 aromatic rings. The molecule has 2 fully saturated rings. The molecule has 9 heteroatoms. The van der Waals surface area contributed by atoms with Crippen molar-refractivity contribution in [2.24, 2.45) is 0 Å². The van der Waals surface area contributed by atoms with Gasteiger partial charge in [-0.2, -0.15) is 0 Å². The molecule has 216 valence electrons. The summed E-state index contributed by atoms with van der Waals surface area (Å²) in [7, 11) is 2.22. The van der Waals surface area contributed by atoms with Crippen LogP contribution in [0.5, 0.6) is 0 Å². The molecule has 7 rings (SSSR count). The van der Waals surface area contributed by atoms with Gasteiger partial charge in [0.1, 0.15) is 17.8 Å². The maximum absolute atomic E-state index is 6.47. The first-order valence-electron chi connectivity index (χ1n) is 15.1. The van der Waals surface area contributed by atoms with Crippen molar-refractivity contribution in [1.82, 2.24) is 34.3 Å². The predicted molar refractivity (Wildman–Crippen MR) is 170 cm³/mol. The summed E-state index contributed by atoms with van der Waals surface area (Å²) < 4.78 is 2.36. The molecule has 0 amide bonds. The Morgan fingerprint density at radius 1 is 0.857 bits per heavy atom. The lowest BCUT2D eigenvalue weighted by molar-refractivity contribution is 0.0828. The molecular formula is C33H39N9. The molecule has 1 aliphatic heterocycles. The van der Waals surface area contributed by atoms with Crippen LogP contribution in [0, 0.1) is 13.8 Å². The predicted octanol–water partition coefficient (Wildman–Crippen LogP) is 5.72. The minimum atomic E-state index is 0.414. The van der Waals surface area contributed by atoms with Gasteiger partial charge in [-0.05, 0) is 75.9 Å². The van der Waals surface area contributed by atoms with Gasteiger partial charge in [0.05, 0.1) is 16.6 Å². The number of hydrogen-bond donors (Lipinski definition) is 2. The number of fused-ring (bicyclic) bond motifs is 2. The van der Waals surface area contributed by atoms with Crippen LogP contribution >= 0.6 is 0 Å². The maximum atomic E-state index is 6.47. The molecule has 0 unspecified atom stereocenters. The Balaban J connectivity index is 1.13. The molecule has 42 heavy (non-hydrogen) atoms. The monoisotopic (exact) mass is 561 g/mol. The average Bonchev–Trinajstić information content (AvgIpc) is 3.39. The van der Waals surface area contributed by atoms with Gasteiger partial charge in [0.25, 0.3) is 0 Å². The number of piperazine rings is 1. The number of nitrogens with zero attached hydrogens (tertiary/aromatic N) is 7. The summed E-state index contributed by atoms with van der Waals surface area (Å²) in [5, 5.41) is 5.40. The van der Waals surface area contributed by atoms with Crippen LogP contribution in [0.3, 0.4) is 0 Å². The Morgan fingerprint density at radius 3 is 2.36 bits per heavy atom. The number of rotatable bonds is 5. The van der Waals surface area contributed by atoms with E-state index in [9.17, 15) is 0 Å². The molecule has 3 aromatic heterocycles. The molecule has 2 aliphatic rings. The van der Waals surface area contributed by atoms with E-state index in [1.807, 2.05) is 6.92 Å². The van der Waals surface area contributed by atoms with Gasteiger partial charge >= 0.3 is 0 Å². The van der Waals surface area contributed by atoms with Gasteiger partial charge in [0.2, 0.25) is 5.95 Å². The maximum Gasteiger partial charge on any atom is 0.228 e. The lowest BCUT2D eigenvalue weighted by atomic mass is 9.89. The first-order valence-corrected chi connectivity index (χ1v) is 15.1. The van der Waals surface area contributed by atoms with Gasteiger partial charge in [-0.15, -0.1) is 0 Å². The lowest BCUT2D eigenvalue weighted by Gasteiger charge is -2.41. The van der Waals surface area contributed by atoms with Crippen LogP contribution in [0.25, 0.3) is 33.1 Å². The second-order valence-electron chi connectivity index (χ2n) is 12.1. The minimum Gasteiger partial charge on any atom is -0.383 e. The van der Waals surface area contributed by atoms with Gasteiger partial charge < -0.3 is 20.5 Å². The topological polar surface area (TPSA) is 101 Å². The molecule has 1 saturated carbocycles. The third-order valence-corrected chi connectivity index (χ3v) is 9.25. The number of aromatic nitrogens is 5. The van der Waals surface area contributed by atoms with Crippen molar-refractivity contribution in [2.75, 3.05) is 44.3 Å². The second kappa shape index (κ2) is 11.0. The number of nitrogens with two attached hydrogens (primary N) is 1. The van der Waals surface area contributed by atoms with E-state index in [0.717, 1.165) is 57.3 Å². The van der Waals surface area contributed by atoms with Gasteiger partial charge in [-0.25, -0.2) is 19.9 Å². The number of likely N-dealkylation sites (N-methyl/N-ethyl adjacent to an activating group) is 1. The minimum absolute atomic E-state index is 0.414.